The molecule has 0 amide bonds. The van der Waals surface area contributed by atoms with E-state index in [1.807, 2.05) is 0 Å². The fourth-order valence-corrected chi connectivity index (χ4v) is 4.64. The molecule has 2 aliphatic heterocycles. The summed E-state index contributed by atoms with van der Waals surface area (Å²) < 4.78 is 6.22. The number of allylic oxidation sites excluding steroid dienone is 1. The minimum Gasteiger partial charge on any atom is -0.508 e. The molecule has 0 radical (unpaired) electrons. The van der Waals surface area contributed by atoms with E-state index < -0.39 is 5.76 Å². The Hall–Kier alpha value is -2.14. The largest absolute Gasteiger partial charge is 0.508 e. The molecule has 1 unspecified atom stereocenters. The van der Waals surface area contributed by atoms with E-state index in [0.29, 0.717) is 6.42 Å². The van der Waals surface area contributed by atoms with E-state index in [4.69, 9.17) is 4.74 Å². The maximum atomic E-state index is 10.0. The van der Waals surface area contributed by atoms with Gasteiger partial charge in [-0.2, -0.15) is 0 Å². The van der Waals surface area contributed by atoms with Gasteiger partial charge < -0.3 is 25.4 Å². The average Bonchev–Trinajstić information content (AvgIpc) is 2.64. The molecule has 1 saturated heterocycles. The number of hydrogen-bond acceptors (Lipinski definition) is 5. The van der Waals surface area contributed by atoms with Gasteiger partial charge in [0.05, 0.1) is 6.10 Å². The van der Waals surface area contributed by atoms with Crippen LogP contribution in [0.3, 0.4) is 0 Å². The Morgan fingerprint density at radius 3 is 2.63 bits per heavy atom. The average molecular weight is 371 g/mol. The van der Waals surface area contributed by atoms with Crippen LogP contribution in [-0.2, 0) is 10.2 Å². The smallest absolute Gasteiger partial charge is 0.195 e. The molecule has 4 N–H and O–H groups in total. The fourth-order valence-electron chi connectivity index (χ4n) is 4.64. The number of aliphatic hydroxyl groups is 3. The first-order chi connectivity index (χ1) is 12.8. The van der Waals surface area contributed by atoms with Crippen LogP contribution in [0.1, 0.15) is 57.3 Å². The molecule has 27 heavy (non-hydrogen) atoms. The summed E-state index contributed by atoms with van der Waals surface area (Å²) in [5.74, 6) is -0.653. The van der Waals surface area contributed by atoms with E-state index in [0.717, 1.165) is 25.1 Å². The minimum absolute atomic E-state index is 0.0134. The molecule has 2 heterocycles. The van der Waals surface area contributed by atoms with Crippen molar-refractivity contribution in [2.24, 2.45) is 11.8 Å². The Kier molecular flexibility index (Phi) is 4.38. The van der Waals surface area contributed by atoms with Gasteiger partial charge in [-0.1, -0.05) is 32.9 Å². The molecule has 1 aromatic carbocycles. The van der Waals surface area contributed by atoms with Gasteiger partial charge in [0.25, 0.3) is 0 Å². The molecular formula is C22H29NO4. The highest BCUT2D eigenvalue weighted by Crippen LogP contribution is 2.48. The van der Waals surface area contributed by atoms with E-state index in [1.165, 1.54) is 11.1 Å². The second kappa shape index (κ2) is 6.48. The van der Waals surface area contributed by atoms with Crippen molar-refractivity contribution < 1.29 is 20.1 Å². The Morgan fingerprint density at radius 2 is 1.93 bits per heavy atom. The van der Waals surface area contributed by atoms with Crippen molar-refractivity contribution in [3.05, 3.63) is 52.7 Å². The lowest BCUT2D eigenvalue weighted by atomic mass is 9.72. The lowest BCUT2D eigenvalue weighted by molar-refractivity contribution is -0.0425. The zero-order valence-electron chi connectivity index (χ0n) is 16.2. The molecule has 3 aliphatic rings. The van der Waals surface area contributed by atoms with E-state index in [1.54, 1.807) is 6.08 Å². The Morgan fingerprint density at radius 1 is 1.15 bits per heavy atom. The summed E-state index contributed by atoms with van der Waals surface area (Å²) in [7, 11) is 0. The third-order valence-electron chi connectivity index (χ3n) is 6.15. The summed E-state index contributed by atoms with van der Waals surface area (Å²) in [5, 5.41) is 33.4. The molecule has 4 rings (SSSR count). The number of nitrogens with one attached hydrogen (secondary N) is 1. The topological polar surface area (TPSA) is 82.0 Å². The second-order valence-electron chi connectivity index (χ2n) is 9.03. The summed E-state index contributed by atoms with van der Waals surface area (Å²) in [5.41, 5.74) is 3.62. The van der Waals surface area contributed by atoms with Crippen molar-refractivity contribution in [3.63, 3.8) is 0 Å². The van der Waals surface area contributed by atoms with Crippen LogP contribution in [0.15, 0.2) is 41.6 Å². The van der Waals surface area contributed by atoms with Crippen LogP contribution in [0.4, 0.5) is 5.69 Å². The molecule has 146 valence electrons. The van der Waals surface area contributed by atoms with Gasteiger partial charge in [0.15, 0.2) is 11.5 Å². The Bertz CT molecular complexity index is 805. The third kappa shape index (κ3) is 3.18. The van der Waals surface area contributed by atoms with Crippen LogP contribution >= 0.6 is 0 Å². The van der Waals surface area contributed by atoms with Crippen LogP contribution in [0.25, 0.3) is 0 Å². The van der Waals surface area contributed by atoms with Crippen LogP contribution in [0.2, 0.25) is 0 Å². The highest BCUT2D eigenvalue weighted by Gasteiger charge is 2.43. The first-order valence-electron chi connectivity index (χ1n) is 9.80. The van der Waals surface area contributed by atoms with Crippen LogP contribution in [-0.4, -0.2) is 28.0 Å². The predicted molar refractivity (Wildman–Crippen MR) is 105 cm³/mol. The quantitative estimate of drug-likeness (QED) is 0.556. The van der Waals surface area contributed by atoms with Gasteiger partial charge in [-0.3, -0.25) is 0 Å². The van der Waals surface area contributed by atoms with E-state index >= 15 is 0 Å². The summed E-state index contributed by atoms with van der Waals surface area (Å²) in [6.07, 6.45) is 4.02. The van der Waals surface area contributed by atoms with E-state index in [2.05, 4.69) is 44.3 Å². The minimum atomic E-state index is -0.409. The van der Waals surface area contributed by atoms with E-state index in [-0.39, 0.29) is 40.9 Å². The van der Waals surface area contributed by atoms with Gasteiger partial charge in [0.2, 0.25) is 0 Å². The zero-order valence-corrected chi connectivity index (χ0v) is 16.2. The molecule has 5 heteroatoms. The van der Waals surface area contributed by atoms with Crippen molar-refractivity contribution in [1.82, 2.24) is 0 Å². The number of anilines is 1. The monoisotopic (exact) mass is 371 g/mol. The number of benzene rings is 1. The number of fused-ring (bicyclic) bond motifs is 3. The molecular weight excluding hydrogens is 342 g/mol. The summed E-state index contributed by atoms with van der Waals surface area (Å²) in [6, 6.07) is 6.57. The van der Waals surface area contributed by atoms with Gasteiger partial charge in [0.1, 0.15) is 5.76 Å². The molecule has 1 aromatic rings. The van der Waals surface area contributed by atoms with Gasteiger partial charge in [-0.25, -0.2) is 0 Å². The maximum absolute atomic E-state index is 10.0. The molecule has 0 saturated carbocycles. The molecule has 5 nitrogen and oxygen atoms in total. The molecule has 1 aliphatic carbocycles. The van der Waals surface area contributed by atoms with Crippen molar-refractivity contribution in [3.8, 4) is 0 Å². The first kappa shape index (κ1) is 18.2. The summed E-state index contributed by atoms with van der Waals surface area (Å²) >= 11 is 0. The van der Waals surface area contributed by atoms with Crippen LogP contribution in [0.5, 0.6) is 0 Å². The van der Waals surface area contributed by atoms with Gasteiger partial charge in [-0.05, 0) is 36.0 Å². The SMILES string of the molecule is CC(C)(C)c1ccc2c(c1)[C@H]1OCCC[C@H]1[C@H](C1C=C(O)C(O)=C(O)C1)N2. The molecule has 4 atom stereocenters. The highest BCUT2D eigenvalue weighted by atomic mass is 16.5. The van der Waals surface area contributed by atoms with Crippen molar-refractivity contribution in [2.45, 2.75) is 57.6 Å². The third-order valence-corrected chi connectivity index (χ3v) is 6.15. The van der Waals surface area contributed by atoms with Crippen molar-refractivity contribution in [2.75, 3.05) is 11.9 Å². The Balaban J connectivity index is 1.71. The standard InChI is InChI=1S/C22H29NO4/c1-22(2,3)13-6-7-16-15(11-13)21-14(5-4-8-27-21)19(23-16)12-9-17(24)20(26)18(25)10-12/h6-7,9,11-12,14,19,21,23-26H,4-5,8,10H2,1-3H3/t12?,14-,19-,21-/m0/s1. The van der Waals surface area contributed by atoms with Gasteiger partial charge in [0, 0.05) is 42.2 Å². The molecule has 1 fully saturated rings. The number of aliphatic hydroxyl groups excluding tert-OH is 3. The fraction of sp³-hybridized carbons (Fsp3) is 0.545. The Labute approximate surface area is 160 Å². The van der Waals surface area contributed by atoms with Crippen molar-refractivity contribution >= 4 is 5.69 Å². The number of hydrogen-bond donors (Lipinski definition) is 4. The molecule has 0 spiro atoms. The highest BCUT2D eigenvalue weighted by molar-refractivity contribution is 5.58. The lowest BCUT2D eigenvalue weighted by Crippen LogP contribution is -2.46. The van der Waals surface area contributed by atoms with Gasteiger partial charge >= 0.3 is 0 Å². The van der Waals surface area contributed by atoms with E-state index in [9.17, 15) is 15.3 Å². The maximum Gasteiger partial charge on any atom is 0.195 e. The van der Waals surface area contributed by atoms with Crippen LogP contribution < -0.4 is 5.32 Å². The second-order valence-corrected chi connectivity index (χ2v) is 9.03. The summed E-state index contributed by atoms with van der Waals surface area (Å²) in [4.78, 5) is 0. The van der Waals surface area contributed by atoms with Crippen LogP contribution in [0, 0.1) is 11.8 Å². The molecule has 0 bridgehead atoms. The summed E-state index contributed by atoms with van der Waals surface area (Å²) in [6.45, 7) is 7.39. The lowest BCUT2D eigenvalue weighted by Gasteiger charge is -2.46. The van der Waals surface area contributed by atoms with Crippen molar-refractivity contribution in [1.29, 1.82) is 0 Å². The number of rotatable bonds is 1. The number of ether oxygens (including phenoxy) is 1. The molecule has 0 aromatic heterocycles. The van der Waals surface area contributed by atoms with Gasteiger partial charge in [-0.15, -0.1) is 0 Å². The zero-order chi connectivity index (χ0) is 19.3. The first-order valence-corrected chi connectivity index (χ1v) is 9.80. The normalized spacial score (nSPS) is 30.9. The predicted octanol–water partition coefficient (Wildman–Crippen LogP) is 5.04.